The fourth-order valence-corrected chi connectivity index (χ4v) is 2.56. The highest BCUT2D eigenvalue weighted by molar-refractivity contribution is 14.0. The highest BCUT2D eigenvalue weighted by Gasteiger charge is 2.21. The average Bonchev–Trinajstić information content (AvgIpc) is 3.45. The van der Waals surface area contributed by atoms with Crippen molar-refractivity contribution in [3.05, 3.63) is 35.6 Å². The predicted octanol–water partition coefficient (Wildman–Crippen LogP) is 2.43. The number of benzene rings is 1. The summed E-state index contributed by atoms with van der Waals surface area (Å²) in [4.78, 5) is 18.5. The third-order valence-corrected chi connectivity index (χ3v) is 4.27. The number of ether oxygens (including phenoxy) is 1. The predicted molar refractivity (Wildman–Crippen MR) is 121 cm³/mol. The van der Waals surface area contributed by atoms with Gasteiger partial charge in [-0.25, -0.2) is 4.39 Å². The number of nitrogens with zero attached hydrogens (tertiary/aromatic N) is 2. The van der Waals surface area contributed by atoms with Crippen LogP contribution in [0.3, 0.4) is 0 Å². The first-order valence-electron chi connectivity index (χ1n) is 9.66. The summed E-state index contributed by atoms with van der Waals surface area (Å²) in [5.41, 5.74) is 0.662. The second-order valence-electron chi connectivity index (χ2n) is 6.83. The minimum Gasteiger partial charge on any atom is -0.379 e. The van der Waals surface area contributed by atoms with E-state index in [9.17, 15) is 9.18 Å². The van der Waals surface area contributed by atoms with Crippen molar-refractivity contribution >= 4 is 35.8 Å². The molecule has 8 heteroatoms. The van der Waals surface area contributed by atoms with E-state index in [1.165, 1.54) is 25.0 Å². The molecule has 28 heavy (non-hydrogen) atoms. The molecule has 158 valence electrons. The molecule has 0 saturated heterocycles. The fourth-order valence-electron chi connectivity index (χ4n) is 2.56. The van der Waals surface area contributed by atoms with E-state index in [0.29, 0.717) is 25.3 Å². The van der Waals surface area contributed by atoms with Crippen molar-refractivity contribution in [1.29, 1.82) is 0 Å². The maximum atomic E-state index is 13.1. The molecule has 0 spiro atoms. The SMILES string of the molecule is CCNC(=NCCNC(=O)Cc1cccc(F)c1)N(C)CCOCC1CC1.I. The lowest BCUT2D eigenvalue weighted by atomic mass is 10.1. The summed E-state index contributed by atoms with van der Waals surface area (Å²) in [6, 6.07) is 6.09. The van der Waals surface area contributed by atoms with Gasteiger partial charge in [0.15, 0.2) is 5.96 Å². The number of hydrogen-bond donors (Lipinski definition) is 2. The molecule has 1 fully saturated rings. The van der Waals surface area contributed by atoms with Crippen molar-refractivity contribution in [3.63, 3.8) is 0 Å². The van der Waals surface area contributed by atoms with Gasteiger partial charge in [0.05, 0.1) is 19.6 Å². The standard InChI is InChI=1S/C20H31FN4O2.HI/c1-3-22-20(25(2)11-12-27-15-16-7-8-16)24-10-9-23-19(26)14-17-5-4-6-18(21)13-17;/h4-6,13,16H,3,7-12,14-15H2,1-2H3,(H,22,24)(H,23,26);1H. The van der Waals surface area contributed by atoms with Gasteiger partial charge in [0.25, 0.3) is 0 Å². The molecule has 1 aliphatic rings. The first-order valence-corrected chi connectivity index (χ1v) is 9.66. The normalized spacial score (nSPS) is 13.6. The molecule has 0 bridgehead atoms. The van der Waals surface area contributed by atoms with Gasteiger partial charge in [-0.1, -0.05) is 12.1 Å². The Bertz CT molecular complexity index is 626. The van der Waals surface area contributed by atoms with Crippen molar-refractivity contribution < 1.29 is 13.9 Å². The van der Waals surface area contributed by atoms with E-state index in [-0.39, 0.29) is 42.1 Å². The lowest BCUT2D eigenvalue weighted by Gasteiger charge is -2.22. The van der Waals surface area contributed by atoms with Crippen LogP contribution in [0.1, 0.15) is 25.3 Å². The Labute approximate surface area is 184 Å². The Balaban J connectivity index is 0.00000392. The first-order chi connectivity index (χ1) is 13.1. The maximum Gasteiger partial charge on any atom is 0.224 e. The Kier molecular flexibility index (Phi) is 12.1. The summed E-state index contributed by atoms with van der Waals surface area (Å²) in [5, 5.41) is 6.06. The lowest BCUT2D eigenvalue weighted by Crippen LogP contribution is -2.41. The number of carbonyl (C=O) groups excluding carboxylic acids is 1. The van der Waals surface area contributed by atoms with Crippen LogP contribution in [0.2, 0.25) is 0 Å². The zero-order valence-electron chi connectivity index (χ0n) is 16.7. The Morgan fingerprint density at radius 1 is 1.36 bits per heavy atom. The van der Waals surface area contributed by atoms with Gasteiger partial charge in [-0.15, -0.1) is 24.0 Å². The summed E-state index contributed by atoms with van der Waals surface area (Å²) < 4.78 is 18.8. The van der Waals surface area contributed by atoms with Gasteiger partial charge >= 0.3 is 0 Å². The molecule has 0 heterocycles. The van der Waals surface area contributed by atoms with E-state index >= 15 is 0 Å². The molecule has 2 N–H and O–H groups in total. The Hall–Kier alpha value is -1.42. The number of aliphatic imine (C=N–C) groups is 1. The molecule has 0 aliphatic heterocycles. The van der Waals surface area contributed by atoms with Gasteiger partial charge in [-0.05, 0) is 43.4 Å². The molecule has 0 radical (unpaired) electrons. The Morgan fingerprint density at radius 3 is 2.82 bits per heavy atom. The molecule has 0 unspecified atom stereocenters. The average molecular weight is 506 g/mol. The fraction of sp³-hybridized carbons (Fsp3) is 0.600. The zero-order chi connectivity index (χ0) is 19.5. The minimum atomic E-state index is -0.329. The van der Waals surface area contributed by atoms with Crippen molar-refractivity contribution in [2.45, 2.75) is 26.2 Å². The molecule has 1 aliphatic carbocycles. The van der Waals surface area contributed by atoms with Crippen LogP contribution in [0.15, 0.2) is 29.3 Å². The third kappa shape index (κ3) is 10.2. The molecule has 2 rings (SSSR count). The molecule has 1 saturated carbocycles. The summed E-state index contributed by atoms with van der Waals surface area (Å²) in [5.74, 6) is 1.10. The van der Waals surface area contributed by atoms with Crippen molar-refractivity contribution in [1.82, 2.24) is 15.5 Å². The van der Waals surface area contributed by atoms with Crippen LogP contribution in [0, 0.1) is 11.7 Å². The number of halogens is 2. The van der Waals surface area contributed by atoms with Gasteiger partial charge in [0.2, 0.25) is 5.91 Å². The van der Waals surface area contributed by atoms with Gasteiger partial charge in [-0.3, -0.25) is 9.79 Å². The molecule has 1 aromatic carbocycles. The number of guanidine groups is 1. The summed E-state index contributed by atoms with van der Waals surface area (Å²) in [7, 11) is 1.98. The minimum absolute atomic E-state index is 0. The van der Waals surface area contributed by atoms with Crippen molar-refractivity contribution in [2.24, 2.45) is 10.9 Å². The van der Waals surface area contributed by atoms with E-state index < -0.39 is 0 Å². The number of carbonyl (C=O) groups is 1. The second-order valence-corrected chi connectivity index (χ2v) is 6.83. The number of rotatable bonds is 11. The molecule has 1 aromatic rings. The van der Waals surface area contributed by atoms with Crippen LogP contribution in [0.4, 0.5) is 4.39 Å². The lowest BCUT2D eigenvalue weighted by molar-refractivity contribution is -0.120. The molecular weight excluding hydrogens is 474 g/mol. The number of nitrogens with one attached hydrogen (secondary N) is 2. The van der Waals surface area contributed by atoms with E-state index in [0.717, 1.165) is 31.6 Å². The van der Waals surface area contributed by atoms with Crippen molar-refractivity contribution in [3.8, 4) is 0 Å². The number of likely N-dealkylation sites (N-methyl/N-ethyl adjacent to an activating group) is 1. The van der Waals surface area contributed by atoms with Crippen molar-refractivity contribution in [2.75, 3.05) is 46.4 Å². The molecule has 0 aromatic heterocycles. The summed E-state index contributed by atoms with van der Waals surface area (Å²) in [6.45, 7) is 6.02. The van der Waals surface area contributed by atoms with Crippen LogP contribution >= 0.6 is 24.0 Å². The monoisotopic (exact) mass is 506 g/mol. The van der Waals surface area contributed by atoms with Crippen LogP contribution in [0.25, 0.3) is 0 Å². The smallest absolute Gasteiger partial charge is 0.224 e. The highest BCUT2D eigenvalue weighted by atomic mass is 127. The third-order valence-electron chi connectivity index (χ3n) is 4.27. The van der Waals surface area contributed by atoms with E-state index in [2.05, 4.69) is 15.6 Å². The first kappa shape index (κ1) is 24.6. The molecular formula is C20H32FIN4O2. The van der Waals surface area contributed by atoms with Gasteiger partial charge < -0.3 is 20.3 Å². The summed E-state index contributed by atoms with van der Waals surface area (Å²) >= 11 is 0. The van der Waals surface area contributed by atoms with E-state index in [1.54, 1.807) is 12.1 Å². The van der Waals surface area contributed by atoms with Crippen LogP contribution in [0.5, 0.6) is 0 Å². The van der Waals surface area contributed by atoms with E-state index in [1.807, 2.05) is 18.9 Å². The number of amides is 1. The highest BCUT2D eigenvalue weighted by Crippen LogP contribution is 2.28. The largest absolute Gasteiger partial charge is 0.379 e. The second kappa shape index (κ2) is 13.7. The van der Waals surface area contributed by atoms with Crippen LogP contribution < -0.4 is 10.6 Å². The van der Waals surface area contributed by atoms with Gasteiger partial charge in [0.1, 0.15) is 5.82 Å². The zero-order valence-corrected chi connectivity index (χ0v) is 19.1. The van der Waals surface area contributed by atoms with E-state index in [4.69, 9.17) is 4.74 Å². The quantitative estimate of drug-likeness (QED) is 0.210. The van der Waals surface area contributed by atoms with Crippen LogP contribution in [-0.2, 0) is 16.0 Å². The molecule has 1 amide bonds. The Morgan fingerprint density at radius 2 is 2.14 bits per heavy atom. The topological polar surface area (TPSA) is 66.0 Å². The van der Waals surface area contributed by atoms with Gasteiger partial charge in [-0.2, -0.15) is 0 Å². The molecule has 6 nitrogen and oxygen atoms in total. The van der Waals surface area contributed by atoms with Crippen LogP contribution in [-0.4, -0.2) is 63.2 Å². The summed E-state index contributed by atoms with van der Waals surface area (Å²) in [6.07, 6.45) is 2.76. The molecule has 0 atom stereocenters. The maximum absolute atomic E-state index is 13.1. The van der Waals surface area contributed by atoms with Gasteiger partial charge in [0, 0.05) is 33.3 Å². The number of hydrogen-bond acceptors (Lipinski definition) is 3.